The fourth-order valence-electron chi connectivity index (χ4n) is 4.84. The molecule has 1 unspecified atom stereocenters. The number of hydrogen-bond acceptors (Lipinski definition) is 4. The van der Waals surface area contributed by atoms with Crippen molar-refractivity contribution < 1.29 is 32.2 Å². The molecule has 232 valence electrons. The molecule has 0 aliphatic rings. The zero-order valence-electron chi connectivity index (χ0n) is 25.3. The second kappa shape index (κ2) is 17.5. The van der Waals surface area contributed by atoms with Gasteiger partial charge < -0.3 is 9.47 Å². The van der Waals surface area contributed by atoms with Crippen LogP contribution in [0.15, 0.2) is 72.8 Å². The second-order valence-corrected chi connectivity index (χ2v) is 11.0. The van der Waals surface area contributed by atoms with Gasteiger partial charge in [-0.3, -0.25) is 4.79 Å². The maximum absolute atomic E-state index is 13.4. The van der Waals surface area contributed by atoms with E-state index in [9.17, 15) is 22.8 Å². The largest absolute Gasteiger partial charge is 0.449 e. The Bertz CT molecular complexity index is 1250. The van der Waals surface area contributed by atoms with Crippen molar-refractivity contribution >= 4 is 11.9 Å². The Hall–Kier alpha value is -3.61. The Morgan fingerprint density at radius 2 is 1.07 bits per heavy atom. The number of carbonyl (C=O) groups is 2. The lowest BCUT2D eigenvalue weighted by molar-refractivity contribution is -0.206. The van der Waals surface area contributed by atoms with Crippen LogP contribution in [0.25, 0.3) is 22.3 Å². The summed E-state index contributed by atoms with van der Waals surface area (Å²) in [4.78, 5) is 24.6. The van der Waals surface area contributed by atoms with E-state index in [1.165, 1.54) is 31.4 Å². The Kier molecular flexibility index (Phi) is 13.8. The molecule has 0 saturated heterocycles. The fraction of sp³-hybridized carbons (Fsp3) is 0.444. The van der Waals surface area contributed by atoms with Gasteiger partial charge in [-0.05, 0) is 65.8 Å². The first-order chi connectivity index (χ1) is 20.7. The zero-order valence-corrected chi connectivity index (χ0v) is 25.3. The van der Waals surface area contributed by atoms with Crippen molar-refractivity contribution in [3.8, 4) is 28.0 Å². The van der Waals surface area contributed by atoms with Crippen LogP contribution in [0.2, 0.25) is 0 Å². The third kappa shape index (κ3) is 11.5. The lowest BCUT2D eigenvalue weighted by atomic mass is 9.99. The summed E-state index contributed by atoms with van der Waals surface area (Å²) < 4.78 is 50.5. The van der Waals surface area contributed by atoms with Crippen molar-refractivity contribution in [1.29, 1.82) is 0 Å². The van der Waals surface area contributed by atoms with Gasteiger partial charge in [0.25, 0.3) is 0 Å². The first-order valence-corrected chi connectivity index (χ1v) is 15.5. The molecule has 0 N–H and O–H groups in total. The standard InChI is InChI=1S/C36H43F3O4/c1-3-5-7-9-10-12-14-34(40)42-32-25-23-30(24-26-32)28-17-15-27(16-18-28)29-19-21-31(22-20-29)35(41)43-33(36(37,38)39)13-11-8-6-4-2/h15-26,33H,3-14H2,1-2H3. The Balaban J connectivity index is 1.53. The molecule has 0 radical (unpaired) electrons. The van der Waals surface area contributed by atoms with Crippen molar-refractivity contribution in [2.45, 2.75) is 103 Å². The van der Waals surface area contributed by atoms with Crippen molar-refractivity contribution in [3.05, 3.63) is 78.4 Å². The average molecular weight is 597 g/mol. The van der Waals surface area contributed by atoms with Gasteiger partial charge >= 0.3 is 18.1 Å². The molecular formula is C36H43F3O4. The SMILES string of the molecule is CCCCCCCCC(=O)Oc1ccc(-c2ccc(-c3ccc(C(=O)OC(CCCCCC)C(F)(F)F)cc3)cc2)cc1. The van der Waals surface area contributed by atoms with Gasteiger partial charge in [-0.2, -0.15) is 13.2 Å². The van der Waals surface area contributed by atoms with E-state index in [2.05, 4.69) is 6.92 Å². The monoisotopic (exact) mass is 596 g/mol. The van der Waals surface area contributed by atoms with Gasteiger partial charge in [-0.25, -0.2) is 4.79 Å². The van der Waals surface area contributed by atoms with Crippen LogP contribution < -0.4 is 4.74 Å². The molecule has 0 heterocycles. The molecule has 0 spiro atoms. The van der Waals surface area contributed by atoms with E-state index in [1.54, 1.807) is 24.3 Å². The predicted molar refractivity (Wildman–Crippen MR) is 165 cm³/mol. The Morgan fingerprint density at radius 3 is 1.58 bits per heavy atom. The number of halogens is 3. The fourth-order valence-corrected chi connectivity index (χ4v) is 4.84. The molecule has 3 rings (SSSR count). The van der Waals surface area contributed by atoms with E-state index in [0.29, 0.717) is 25.0 Å². The van der Waals surface area contributed by atoms with Gasteiger partial charge in [-0.15, -0.1) is 0 Å². The molecule has 0 saturated carbocycles. The van der Waals surface area contributed by atoms with Crippen molar-refractivity contribution in [2.24, 2.45) is 0 Å². The van der Waals surface area contributed by atoms with Crippen molar-refractivity contribution in [3.63, 3.8) is 0 Å². The molecule has 0 aromatic heterocycles. The molecule has 7 heteroatoms. The van der Waals surface area contributed by atoms with Gasteiger partial charge in [0.1, 0.15) is 5.75 Å². The van der Waals surface area contributed by atoms with Crippen LogP contribution >= 0.6 is 0 Å². The van der Waals surface area contributed by atoms with E-state index in [1.807, 2.05) is 43.3 Å². The minimum absolute atomic E-state index is 0.0796. The highest BCUT2D eigenvalue weighted by molar-refractivity contribution is 5.90. The molecule has 3 aromatic rings. The van der Waals surface area contributed by atoms with Crippen LogP contribution in [0.3, 0.4) is 0 Å². The molecular weight excluding hydrogens is 553 g/mol. The molecule has 4 nitrogen and oxygen atoms in total. The maximum Gasteiger partial charge on any atom is 0.425 e. The molecule has 0 bridgehead atoms. The number of ether oxygens (including phenoxy) is 2. The highest BCUT2D eigenvalue weighted by atomic mass is 19.4. The van der Waals surface area contributed by atoms with Crippen molar-refractivity contribution in [2.75, 3.05) is 0 Å². The van der Waals surface area contributed by atoms with Gasteiger partial charge in [-0.1, -0.05) is 114 Å². The second-order valence-electron chi connectivity index (χ2n) is 11.0. The van der Waals surface area contributed by atoms with Gasteiger partial charge in [0.15, 0.2) is 6.10 Å². The molecule has 0 fully saturated rings. The van der Waals surface area contributed by atoms with Gasteiger partial charge in [0.05, 0.1) is 5.56 Å². The van der Waals surface area contributed by atoms with Gasteiger partial charge in [0.2, 0.25) is 0 Å². The summed E-state index contributed by atoms with van der Waals surface area (Å²) >= 11 is 0. The lowest BCUT2D eigenvalue weighted by Gasteiger charge is -2.20. The predicted octanol–water partition coefficient (Wildman–Crippen LogP) is 10.7. The summed E-state index contributed by atoms with van der Waals surface area (Å²) in [5.41, 5.74) is 3.74. The Labute approximate surface area is 253 Å². The summed E-state index contributed by atoms with van der Waals surface area (Å²) in [7, 11) is 0. The number of rotatable bonds is 17. The van der Waals surface area contributed by atoms with Crippen molar-refractivity contribution in [1.82, 2.24) is 0 Å². The molecule has 0 aliphatic carbocycles. The quantitative estimate of drug-likeness (QED) is 0.0884. The lowest BCUT2D eigenvalue weighted by Crippen LogP contribution is -2.33. The van der Waals surface area contributed by atoms with Crippen LogP contribution in [0, 0.1) is 0 Å². The van der Waals surface area contributed by atoms with Crippen LogP contribution in [-0.2, 0) is 9.53 Å². The van der Waals surface area contributed by atoms with Crippen LogP contribution in [0.5, 0.6) is 5.75 Å². The number of unbranched alkanes of at least 4 members (excludes halogenated alkanes) is 8. The van der Waals surface area contributed by atoms with Gasteiger partial charge in [0, 0.05) is 6.42 Å². The number of esters is 2. The average Bonchev–Trinajstić information content (AvgIpc) is 3.00. The molecule has 3 aromatic carbocycles. The van der Waals surface area contributed by atoms with E-state index in [0.717, 1.165) is 54.4 Å². The third-order valence-corrected chi connectivity index (χ3v) is 7.43. The molecule has 43 heavy (non-hydrogen) atoms. The minimum Gasteiger partial charge on any atom is -0.449 e. The summed E-state index contributed by atoms with van der Waals surface area (Å²) in [6.45, 7) is 4.16. The first kappa shape index (κ1) is 33.9. The first-order valence-electron chi connectivity index (χ1n) is 15.5. The smallest absolute Gasteiger partial charge is 0.425 e. The summed E-state index contributed by atoms with van der Waals surface area (Å²) in [5.74, 6) is -0.668. The molecule has 1 atom stereocenters. The Morgan fingerprint density at radius 1 is 0.628 bits per heavy atom. The summed E-state index contributed by atoms with van der Waals surface area (Å²) in [5, 5.41) is 0. The van der Waals surface area contributed by atoms with E-state index >= 15 is 0 Å². The maximum atomic E-state index is 13.4. The summed E-state index contributed by atoms with van der Waals surface area (Å²) in [6, 6.07) is 21.6. The number of hydrogen-bond donors (Lipinski definition) is 0. The third-order valence-electron chi connectivity index (χ3n) is 7.43. The van der Waals surface area contributed by atoms with Crippen LogP contribution in [0.1, 0.15) is 101 Å². The van der Waals surface area contributed by atoms with Crippen LogP contribution in [0.4, 0.5) is 13.2 Å². The number of alkyl halides is 3. The minimum atomic E-state index is -4.60. The number of benzene rings is 3. The topological polar surface area (TPSA) is 52.6 Å². The molecule has 0 aliphatic heterocycles. The normalized spacial score (nSPS) is 12.1. The zero-order chi connectivity index (χ0) is 31.1. The highest BCUT2D eigenvalue weighted by Gasteiger charge is 2.42. The van der Waals surface area contributed by atoms with Crippen LogP contribution in [-0.4, -0.2) is 24.2 Å². The summed E-state index contributed by atoms with van der Waals surface area (Å²) in [6.07, 6.45) is 2.99. The number of carbonyl (C=O) groups excluding carboxylic acids is 2. The highest BCUT2D eigenvalue weighted by Crippen LogP contribution is 2.30. The van der Waals surface area contributed by atoms with E-state index < -0.39 is 18.2 Å². The molecule has 0 amide bonds. The van der Waals surface area contributed by atoms with E-state index in [4.69, 9.17) is 9.47 Å². The van der Waals surface area contributed by atoms with E-state index in [-0.39, 0.29) is 18.0 Å².